The highest BCUT2D eigenvalue weighted by Crippen LogP contribution is 2.24. The Bertz CT molecular complexity index is 750. The van der Waals surface area contributed by atoms with Gasteiger partial charge in [0.1, 0.15) is 17.3 Å². The molecule has 1 aliphatic rings. The van der Waals surface area contributed by atoms with Gasteiger partial charge in [0.15, 0.2) is 0 Å². The molecule has 0 radical (unpaired) electrons. The summed E-state index contributed by atoms with van der Waals surface area (Å²) in [5, 5.41) is 0. The summed E-state index contributed by atoms with van der Waals surface area (Å²) in [6, 6.07) is 10.6. The van der Waals surface area contributed by atoms with Crippen molar-refractivity contribution < 1.29 is 13.9 Å². The fourth-order valence-corrected chi connectivity index (χ4v) is 4.19. The van der Waals surface area contributed by atoms with Crippen LogP contribution in [0.2, 0.25) is 0 Å². The van der Waals surface area contributed by atoms with Crippen molar-refractivity contribution in [3.05, 3.63) is 53.0 Å². The highest BCUT2D eigenvalue weighted by molar-refractivity contribution is 5.37. The fourth-order valence-electron chi connectivity index (χ4n) is 4.19. The highest BCUT2D eigenvalue weighted by Gasteiger charge is 2.21. The van der Waals surface area contributed by atoms with E-state index in [2.05, 4.69) is 47.2 Å². The van der Waals surface area contributed by atoms with Crippen LogP contribution in [0.4, 0.5) is 0 Å². The molecule has 0 atom stereocenters. The maximum absolute atomic E-state index is 5.73. The zero-order valence-electron chi connectivity index (χ0n) is 18.4. The van der Waals surface area contributed by atoms with Gasteiger partial charge in [-0.1, -0.05) is 6.07 Å². The van der Waals surface area contributed by atoms with Crippen molar-refractivity contribution in [2.45, 2.75) is 46.4 Å². The molecule has 0 spiro atoms. The third-order valence-electron chi connectivity index (χ3n) is 5.71. The molecule has 5 heteroatoms. The van der Waals surface area contributed by atoms with Crippen molar-refractivity contribution in [3.8, 4) is 5.75 Å². The van der Waals surface area contributed by atoms with Crippen LogP contribution in [-0.2, 0) is 24.4 Å². The van der Waals surface area contributed by atoms with E-state index in [4.69, 9.17) is 13.9 Å². The van der Waals surface area contributed by atoms with Crippen LogP contribution in [0.1, 0.15) is 42.4 Å². The number of hydrogen-bond acceptors (Lipinski definition) is 5. The van der Waals surface area contributed by atoms with Crippen molar-refractivity contribution in [1.82, 2.24) is 9.80 Å². The Balaban J connectivity index is 1.45. The van der Waals surface area contributed by atoms with E-state index in [1.54, 1.807) is 7.11 Å². The minimum atomic E-state index is 0.602. The molecule has 1 fully saturated rings. The molecule has 2 heterocycles. The zero-order chi connectivity index (χ0) is 20.6. The van der Waals surface area contributed by atoms with E-state index in [1.807, 2.05) is 13.8 Å². The predicted octanol–water partition coefficient (Wildman–Crippen LogP) is 4.48. The number of aryl methyl sites for hydroxylation is 1. The summed E-state index contributed by atoms with van der Waals surface area (Å²) < 4.78 is 16.8. The second kappa shape index (κ2) is 10.8. The summed E-state index contributed by atoms with van der Waals surface area (Å²) in [5.41, 5.74) is 2.44. The van der Waals surface area contributed by atoms with E-state index < -0.39 is 0 Å². The molecule has 5 nitrogen and oxygen atoms in total. The van der Waals surface area contributed by atoms with E-state index in [9.17, 15) is 0 Å². The van der Waals surface area contributed by atoms with Gasteiger partial charge in [-0.2, -0.15) is 0 Å². The van der Waals surface area contributed by atoms with Gasteiger partial charge in [0, 0.05) is 25.3 Å². The number of benzene rings is 1. The SMILES string of the molecule is CCOCc1cc(CN(C)CC2CCN(Cc3ccc(C)o3)CC2)ccc1OC. The first-order chi connectivity index (χ1) is 14.1. The molecule has 0 N–H and O–H groups in total. The molecule has 1 aromatic heterocycles. The smallest absolute Gasteiger partial charge is 0.124 e. The van der Waals surface area contributed by atoms with Gasteiger partial charge < -0.3 is 18.8 Å². The molecule has 1 saturated heterocycles. The van der Waals surface area contributed by atoms with E-state index >= 15 is 0 Å². The van der Waals surface area contributed by atoms with Crippen LogP contribution >= 0.6 is 0 Å². The van der Waals surface area contributed by atoms with Gasteiger partial charge in [-0.3, -0.25) is 4.90 Å². The van der Waals surface area contributed by atoms with Gasteiger partial charge in [0.25, 0.3) is 0 Å². The Morgan fingerprint density at radius 3 is 2.62 bits per heavy atom. The third-order valence-corrected chi connectivity index (χ3v) is 5.71. The molecule has 0 saturated carbocycles. The van der Waals surface area contributed by atoms with E-state index in [0.717, 1.165) is 61.5 Å². The summed E-state index contributed by atoms with van der Waals surface area (Å²) in [6.07, 6.45) is 2.50. The van der Waals surface area contributed by atoms with E-state index in [1.165, 1.54) is 18.4 Å². The van der Waals surface area contributed by atoms with Crippen LogP contribution in [-0.4, -0.2) is 50.2 Å². The monoisotopic (exact) mass is 400 g/mol. The number of rotatable bonds is 10. The number of nitrogens with zero attached hydrogens (tertiary/aromatic N) is 2. The topological polar surface area (TPSA) is 38.1 Å². The predicted molar refractivity (Wildman–Crippen MR) is 116 cm³/mol. The molecule has 0 unspecified atom stereocenters. The Kier molecular flexibility index (Phi) is 8.16. The second-order valence-electron chi connectivity index (χ2n) is 8.21. The average molecular weight is 401 g/mol. The van der Waals surface area contributed by atoms with Gasteiger partial charge >= 0.3 is 0 Å². The molecular weight excluding hydrogens is 364 g/mol. The number of likely N-dealkylation sites (tertiary alicyclic amines) is 1. The first-order valence-corrected chi connectivity index (χ1v) is 10.8. The molecule has 0 bridgehead atoms. The molecule has 3 rings (SSSR count). The van der Waals surface area contributed by atoms with Crippen LogP contribution in [0.3, 0.4) is 0 Å². The van der Waals surface area contributed by atoms with Crippen molar-refractivity contribution in [1.29, 1.82) is 0 Å². The van der Waals surface area contributed by atoms with Crippen LogP contribution in [0, 0.1) is 12.8 Å². The number of hydrogen-bond donors (Lipinski definition) is 0. The number of furan rings is 1. The van der Waals surface area contributed by atoms with Gasteiger partial charge in [0.05, 0.1) is 20.3 Å². The van der Waals surface area contributed by atoms with Crippen LogP contribution in [0.5, 0.6) is 5.75 Å². The van der Waals surface area contributed by atoms with Crippen molar-refractivity contribution in [3.63, 3.8) is 0 Å². The second-order valence-corrected chi connectivity index (χ2v) is 8.21. The van der Waals surface area contributed by atoms with E-state index in [-0.39, 0.29) is 0 Å². The molecular formula is C24H36N2O3. The molecule has 0 aliphatic carbocycles. The Morgan fingerprint density at radius 1 is 1.17 bits per heavy atom. The summed E-state index contributed by atoms with van der Waals surface area (Å²) >= 11 is 0. The minimum Gasteiger partial charge on any atom is -0.496 e. The number of ether oxygens (including phenoxy) is 2. The van der Waals surface area contributed by atoms with Gasteiger partial charge in [0.2, 0.25) is 0 Å². The van der Waals surface area contributed by atoms with Crippen LogP contribution in [0.15, 0.2) is 34.7 Å². The average Bonchev–Trinajstić information content (AvgIpc) is 3.12. The lowest BCUT2D eigenvalue weighted by Crippen LogP contribution is -2.37. The normalized spacial score (nSPS) is 15.9. The third kappa shape index (κ3) is 6.59. The fraction of sp³-hybridized carbons (Fsp3) is 0.583. The van der Waals surface area contributed by atoms with Gasteiger partial charge in [-0.15, -0.1) is 0 Å². The maximum Gasteiger partial charge on any atom is 0.124 e. The Morgan fingerprint density at radius 2 is 1.97 bits per heavy atom. The molecule has 1 aliphatic heterocycles. The lowest BCUT2D eigenvalue weighted by atomic mass is 9.96. The van der Waals surface area contributed by atoms with Crippen molar-refractivity contribution in [2.24, 2.45) is 5.92 Å². The summed E-state index contributed by atoms with van der Waals surface area (Å²) in [4.78, 5) is 4.96. The maximum atomic E-state index is 5.73. The van der Waals surface area contributed by atoms with Crippen molar-refractivity contribution in [2.75, 3.05) is 40.4 Å². The zero-order valence-corrected chi connectivity index (χ0v) is 18.4. The lowest BCUT2D eigenvalue weighted by molar-refractivity contribution is 0.131. The highest BCUT2D eigenvalue weighted by atomic mass is 16.5. The quantitative estimate of drug-likeness (QED) is 0.588. The first-order valence-electron chi connectivity index (χ1n) is 10.8. The molecule has 2 aromatic rings. The summed E-state index contributed by atoms with van der Waals surface area (Å²) in [7, 11) is 3.94. The number of piperidine rings is 1. The van der Waals surface area contributed by atoms with E-state index in [0.29, 0.717) is 13.2 Å². The lowest BCUT2D eigenvalue weighted by Gasteiger charge is -2.33. The summed E-state index contributed by atoms with van der Waals surface area (Å²) in [6.45, 7) is 10.7. The Hall–Kier alpha value is -1.82. The largest absolute Gasteiger partial charge is 0.496 e. The molecule has 160 valence electrons. The Labute approximate surface area is 175 Å². The summed E-state index contributed by atoms with van der Waals surface area (Å²) in [5.74, 6) is 3.75. The molecule has 1 aromatic carbocycles. The number of methoxy groups -OCH3 is 1. The van der Waals surface area contributed by atoms with Crippen LogP contribution < -0.4 is 4.74 Å². The molecule has 0 amide bonds. The molecule has 29 heavy (non-hydrogen) atoms. The van der Waals surface area contributed by atoms with Gasteiger partial charge in [-0.05, 0) is 82.6 Å². The van der Waals surface area contributed by atoms with Gasteiger partial charge in [-0.25, -0.2) is 0 Å². The first kappa shape index (κ1) is 21.9. The van der Waals surface area contributed by atoms with Crippen LogP contribution in [0.25, 0.3) is 0 Å². The standard InChI is InChI=1S/C24H36N2O3/c1-5-28-18-22-14-21(7-9-24(22)27-4)16-25(3)15-20-10-12-26(13-11-20)17-23-8-6-19(2)29-23/h6-9,14,20H,5,10-13,15-18H2,1-4H3. The van der Waals surface area contributed by atoms with Crippen molar-refractivity contribution >= 4 is 0 Å². The minimum absolute atomic E-state index is 0.602.